The van der Waals surface area contributed by atoms with E-state index in [1.54, 1.807) is 24.4 Å². The van der Waals surface area contributed by atoms with Crippen LogP contribution in [0.15, 0.2) is 36.5 Å². The lowest BCUT2D eigenvalue weighted by atomic mass is 10.2. The molecule has 0 aliphatic heterocycles. The molecule has 0 bridgehead atoms. The summed E-state index contributed by atoms with van der Waals surface area (Å²) in [5.74, 6) is -1.24. The van der Waals surface area contributed by atoms with Crippen LogP contribution in [0.25, 0.3) is 10.9 Å². The van der Waals surface area contributed by atoms with Crippen molar-refractivity contribution in [1.82, 2.24) is 15.2 Å². The summed E-state index contributed by atoms with van der Waals surface area (Å²) in [5.41, 5.74) is -0.0441. The summed E-state index contributed by atoms with van der Waals surface area (Å²) in [6, 6.07) is 6.66. The molecule has 0 aliphatic carbocycles. The van der Waals surface area contributed by atoms with Gasteiger partial charge in [0.15, 0.2) is 12.0 Å². The third-order valence-corrected chi connectivity index (χ3v) is 3.51. The van der Waals surface area contributed by atoms with Crippen LogP contribution >= 0.6 is 0 Å². The van der Waals surface area contributed by atoms with Crippen LogP contribution in [0.2, 0.25) is 0 Å². The van der Waals surface area contributed by atoms with Crippen molar-refractivity contribution in [2.45, 2.75) is 19.3 Å². The molecule has 1 aromatic carbocycles. The lowest BCUT2D eigenvalue weighted by Gasteiger charge is -2.15. The van der Waals surface area contributed by atoms with E-state index in [1.165, 1.54) is 0 Å². The van der Waals surface area contributed by atoms with Gasteiger partial charge in [-0.25, -0.2) is 9.37 Å². The molecule has 1 unspecified atom stereocenters. The molecule has 136 valence electrons. The largest absolute Gasteiger partial charge is 0.433 e. The number of nitrogens with one attached hydrogen (secondary N) is 3. The lowest BCUT2D eigenvalue weighted by Crippen LogP contribution is -2.22. The Morgan fingerprint density at radius 1 is 1.23 bits per heavy atom. The Morgan fingerprint density at radius 2 is 2.00 bits per heavy atom. The molecule has 6 nitrogen and oxygen atoms in total. The van der Waals surface area contributed by atoms with E-state index in [0.717, 1.165) is 23.9 Å². The predicted octanol–water partition coefficient (Wildman–Crippen LogP) is 4.02. The highest BCUT2D eigenvalue weighted by molar-refractivity contribution is 5.96. The normalized spacial score (nSPS) is 12.8. The Morgan fingerprint density at radius 3 is 2.69 bits per heavy atom. The molecule has 26 heavy (non-hydrogen) atoms. The van der Waals surface area contributed by atoms with Crippen LogP contribution in [0.5, 0.6) is 0 Å². The minimum Gasteiger partial charge on any atom is -0.338 e. The van der Waals surface area contributed by atoms with Crippen molar-refractivity contribution in [1.29, 1.82) is 0 Å². The van der Waals surface area contributed by atoms with E-state index in [9.17, 15) is 22.4 Å². The van der Waals surface area contributed by atoms with Gasteiger partial charge in [0.25, 0.3) is 5.91 Å². The standard InChI is InChI=1S/C16H13F4N5O/c1-8(17)15(26)23-12-4-5-13(16(18,19)20)24-14(12)22-10-2-3-11-9(6-10)7-21-25-11/h2-8H,1H3,(H,21,25)(H,22,24)(H,23,26). The molecule has 0 saturated heterocycles. The second kappa shape index (κ2) is 6.62. The number of amides is 1. The number of carbonyl (C=O) groups excluding carboxylic acids is 1. The van der Waals surface area contributed by atoms with Gasteiger partial charge in [0.1, 0.15) is 5.69 Å². The molecule has 0 fully saturated rings. The second-order valence-corrected chi connectivity index (χ2v) is 5.49. The number of anilines is 3. The summed E-state index contributed by atoms with van der Waals surface area (Å²) in [5, 5.41) is 12.3. The lowest BCUT2D eigenvalue weighted by molar-refractivity contribution is -0.141. The van der Waals surface area contributed by atoms with Crippen molar-refractivity contribution in [2.75, 3.05) is 10.6 Å². The van der Waals surface area contributed by atoms with Crippen LogP contribution < -0.4 is 10.6 Å². The van der Waals surface area contributed by atoms with Crippen molar-refractivity contribution in [3.8, 4) is 0 Å². The number of rotatable bonds is 4. The highest BCUT2D eigenvalue weighted by atomic mass is 19.4. The fourth-order valence-electron chi connectivity index (χ4n) is 2.20. The van der Waals surface area contributed by atoms with Gasteiger partial charge >= 0.3 is 6.18 Å². The SMILES string of the molecule is CC(F)C(=O)Nc1ccc(C(F)(F)F)nc1Nc1ccc2[nH]ncc2c1. The number of alkyl halides is 4. The number of halogens is 4. The summed E-state index contributed by atoms with van der Waals surface area (Å²) >= 11 is 0. The molecule has 3 N–H and O–H groups in total. The van der Waals surface area contributed by atoms with Gasteiger partial charge in [-0.1, -0.05) is 0 Å². The van der Waals surface area contributed by atoms with Gasteiger partial charge in [-0.2, -0.15) is 18.3 Å². The Labute approximate surface area is 144 Å². The van der Waals surface area contributed by atoms with Crippen molar-refractivity contribution in [2.24, 2.45) is 0 Å². The maximum atomic E-state index is 13.1. The van der Waals surface area contributed by atoms with Gasteiger partial charge in [-0.15, -0.1) is 0 Å². The van der Waals surface area contributed by atoms with E-state index in [0.29, 0.717) is 11.8 Å². The van der Waals surface area contributed by atoms with E-state index < -0.39 is 23.9 Å². The van der Waals surface area contributed by atoms with E-state index in [4.69, 9.17) is 0 Å². The smallest absolute Gasteiger partial charge is 0.338 e. The average molecular weight is 367 g/mol. The number of aromatic nitrogens is 3. The molecule has 0 radical (unpaired) electrons. The van der Waals surface area contributed by atoms with Crippen LogP contribution in [0.4, 0.5) is 34.8 Å². The first-order valence-electron chi connectivity index (χ1n) is 7.47. The van der Waals surface area contributed by atoms with Crippen LogP contribution in [-0.4, -0.2) is 27.3 Å². The van der Waals surface area contributed by atoms with Crippen LogP contribution in [0.1, 0.15) is 12.6 Å². The first kappa shape index (κ1) is 17.6. The fraction of sp³-hybridized carbons (Fsp3) is 0.188. The maximum Gasteiger partial charge on any atom is 0.433 e. The summed E-state index contributed by atoms with van der Waals surface area (Å²) < 4.78 is 51.9. The maximum absolute atomic E-state index is 13.1. The number of hydrogen-bond donors (Lipinski definition) is 3. The quantitative estimate of drug-likeness (QED) is 0.609. The highest BCUT2D eigenvalue weighted by Crippen LogP contribution is 2.32. The number of benzene rings is 1. The van der Waals surface area contributed by atoms with Crippen LogP contribution in [0, 0.1) is 0 Å². The average Bonchev–Trinajstić information content (AvgIpc) is 3.03. The topological polar surface area (TPSA) is 82.7 Å². The van der Waals surface area contributed by atoms with Gasteiger partial charge in [0.05, 0.1) is 17.4 Å². The van der Waals surface area contributed by atoms with Crippen molar-refractivity contribution in [3.63, 3.8) is 0 Å². The Bertz CT molecular complexity index is 951. The van der Waals surface area contributed by atoms with Crippen molar-refractivity contribution in [3.05, 3.63) is 42.2 Å². The van der Waals surface area contributed by atoms with Gasteiger partial charge in [0, 0.05) is 11.1 Å². The monoisotopic (exact) mass is 367 g/mol. The summed E-state index contributed by atoms with van der Waals surface area (Å²) in [4.78, 5) is 15.1. The predicted molar refractivity (Wildman–Crippen MR) is 87.8 cm³/mol. The molecule has 0 saturated carbocycles. The van der Waals surface area contributed by atoms with E-state index in [2.05, 4.69) is 25.8 Å². The third-order valence-electron chi connectivity index (χ3n) is 3.51. The number of carbonyl (C=O) groups is 1. The third kappa shape index (κ3) is 3.73. The first-order valence-corrected chi connectivity index (χ1v) is 7.47. The zero-order valence-corrected chi connectivity index (χ0v) is 13.4. The zero-order chi connectivity index (χ0) is 18.9. The van der Waals surface area contributed by atoms with E-state index in [1.807, 2.05) is 0 Å². The second-order valence-electron chi connectivity index (χ2n) is 5.49. The number of aromatic amines is 1. The summed E-state index contributed by atoms with van der Waals surface area (Å²) in [6.45, 7) is 1.02. The highest BCUT2D eigenvalue weighted by Gasteiger charge is 2.33. The number of nitrogens with zero attached hydrogens (tertiary/aromatic N) is 2. The molecule has 0 aliphatic rings. The molecule has 3 aromatic rings. The number of hydrogen-bond acceptors (Lipinski definition) is 4. The number of fused-ring (bicyclic) bond motifs is 1. The van der Waals surface area contributed by atoms with Gasteiger partial charge in [-0.3, -0.25) is 9.89 Å². The molecule has 3 rings (SSSR count). The van der Waals surface area contributed by atoms with E-state index >= 15 is 0 Å². The Hall–Kier alpha value is -3.17. The van der Waals surface area contributed by atoms with Gasteiger partial charge in [0.2, 0.25) is 0 Å². The van der Waals surface area contributed by atoms with E-state index in [-0.39, 0.29) is 11.5 Å². The molecular weight excluding hydrogens is 354 g/mol. The molecule has 10 heteroatoms. The van der Waals surface area contributed by atoms with Crippen molar-refractivity contribution >= 4 is 34.0 Å². The number of H-pyrrole nitrogens is 1. The number of pyridine rings is 1. The van der Waals surface area contributed by atoms with Crippen LogP contribution in [-0.2, 0) is 11.0 Å². The minimum absolute atomic E-state index is 0.0696. The molecular formula is C16H13F4N5O. The Balaban J connectivity index is 1.98. The van der Waals surface area contributed by atoms with Gasteiger partial charge < -0.3 is 10.6 Å². The molecule has 1 atom stereocenters. The fourth-order valence-corrected chi connectivity index (χ4v) is 2.20. The Kier molecular flexibility index (Phi) is 4.49. The van der Waals surface area contributed by atoms with Crippen molar-refractivity contribution < 1.29 is 22.4 Å². The minimum atomic E-state index is -4.67. The molecule has 1 amide bonds. The summed E-state index contributed by atoms with van der Waals surface area (Å²) in [7, 11) is 0. The van der Waals surface area contributed by atoms with Crippen LogP contribution in [0.3, 0.4) is 0 Å². The van der Waals surface area contributed by atoms with Gasteiger partial charge in [-0.05, 0) is 37.3 Å². The zero-order valence-electron chi connectivity index (χ0n) is 13.4. The summed E-state index contributed by atoms with van der Waals surface area (Å²) in [6.07, 6.45) is -4.94. The first-order chi connectivity index (χ1) is 12.2. The molecule has 0 spiro atoms. The molecule has 2 heterocycles. The molecule has 2 aromatic heterocycles.